The zero-order valence-corrected chi connectivity index (χ0v) is 34.3. The van der Waals surface area contributed by atoms with Gasteiger partial charge in [-0.3, -0.25) is 15.3 Å². The molecule has 0 aliphatic heterocycles. The minimum absolute atomic E-state index is 0.297. The molecule has 2 atom stereocenters. The summed E-state index contributed by atoms with van der Waals surface area (Å²) in [4.78, 5) is 10.5. The van der Waals surface area contributed by atoms with Gasteiger partial charge in [0.2, 0.25) is 0 Å². The van der Waals surface area contributed by atoms with Gasteiger partial charge in [-0.25, -0.2) is 0 Å². The maximum Gasteiger partial charge on any atom is 0.126 e. The van der Waals surface area contributed by atoms with E-state index in [9.17, 15) is 0 Å². The highest BCUT2D eigenvalue weighted by Crippen LogP contribution is 2.62. The highest BCUT2D eigenvalue weighted by atomic mass is 15.1. The van der Waals surface area contributed by atoms with Crippen LogP contribution in [0, 0.1) is 6.92 Å². The first-order chi connectivity index (χ1) is 28.9. The van der Waals surface area contributed by atoms with Crippen molar-refractivity contribution >= 4 is 22.7 Å². The Bertz CT molecular complexity index is 2800. The SMILES string of the molecule is C=CC1=C(CC)c2ccccc2C12c1ccccc1-c1c(CNC(/N=C(\C)c3cccc(/C(C)=N/c4ccccc4C)c3)c3ccc(-c4ccccc4)cc3)cccc12. The molecule has 2 unspecified atom stereocenters. The second-order valence-electron chi connectivity index (χ2n) is 15.7. The van der Waals surface area contributed by atoms with Gasteiger partial charge in [-0.05, 0) is 123 Å². The van der Waals surface area contributed by atoms with E-state index in [-0.39, 0.29) is 6.17 Å². The van der Waals surface area contributed by atoms with E-state index in [0.29, 0.717) is 6.54 Å². The number of nitrogens with one attached hydrogen (secondary N) is 1. The molecule has 2 aliphatic rings. The van der Waals surface area contributed by atoms with Crippen molar-refractivity contribution in [3.8, 4) is 22.3 Å². The molecule has 0 aromatic heterocycles. The molecule has 9 rings (SSSR count). The highest BCUT2D eigenvalue weighted by Gasteiger charge is 2.52. The molecule has 0 amide bonds. The molecule has 1 spiro atoms. The van der Waals surface area contributed by atoms with E-state index in [1.54, 1.807) is 0 Å². The molecule has 0 radical (unpaired) electrons. The summed E-state index contributed by atoms with van der Waals surface area (Å²) in [5.74, 6) is 0. The molecule has 288 valence electrons. The average molecular weight is 764 g/mol. The minimum Gasteiger partial charge on any atom is -0.288 e. The molecule has 7 aromatic rings. The smallest absolute Gasteiger partial charge is 0.126 e. The number of rotatable bonds is 11. The van der Waals surface area contributed by atoms with Crippen molar-refractivity contribution in [3.63, 3.8) is 0 Å². The Kier molecular flexibility index (Phi) is 10.2. The first-order valence-corrected chi connectivity index (χ1v) is 20.8. The molecule has 0 saturated carbocycles. The summed E-state index contributed by atoms with van der Waals surface area (Å²) in [5, 5.41) is 3.95. The Balaban J connectivity index is 1.11. The van der Waals surface area contributed by atoms with Gasteiger partial charge < -0.3 is 0 Å². The topological polar surface area (TPSA) is 36.8 Å². The largest absolute Gasteiger partial charge is 0.288 e. The highest BCUT2D eigenvalue weighted by molar-refractivity contribution is 6.05. The second kappa shape index (κ2) is 15.9. The van der Waals surface area contributed by atoms with Crippen LogP contribution in [0.3, 0.4) is 0 Å². The lowest BCUT2D eigenvalue weighted by Crippen LogP contribution is -2.27. The maximum atomic E-state index is 5.46. The van der Waals surface area contributed by atoms with E-state index in [2.05, 4.69) is 209 Å². The number of hydrogen-bond donors (Lipinski definition) is 1. The molecule has 1 N–H and O–H groups in total. The molecule has 3 heteroatoms. The lowest BCUT2D eigenvalue weighted by molar-refractivity contribution is 0.555. The number of hydrogen-bond acceptors (Lipinski definition) is 3. The summed E-state index contributed by atoms with van der Waals surface area (Å²) in [6.07, 6.45) is 2.77. The van der Waals surface area contributed by atoms with Gasteiger partial charge >= 0.3 is 0 Å². The standard InChI is InChI=1S/C56H49N3/c1-6-46-47-25-12-14-27-50(47)56(49(46)7-2)51-28-15-13-26-48(51)54-45(24-18-29-52(54)56)36-57-55(42-33-31-41(32-34-42)40-20-9-8-10-21-40)59-39(5)44-23-17-22-43(35-44)38(4)58-53-30-16-11-19-37(53)3/h7-35,55,57H,2,6,36H2,1,3-5H3/b58-38+,59-39+. The number of aryl methyl sites for hydroxylation is 1. The van der Waals surface area contributed by atoms with Gasteiger partial charge in [-0.2, -0.15) is 0 Å². The van der Waals surface area contributed by atoms with Crippen molar-refractivity contribution in [2.24, 2.45) is 9.98 Å². The van der Waals surface area contributed by atoms with Crippen molar-refractivity contribution in [2.45, 2.75) is 52.2 Å². The predicted octanol–water partition coefficient (Wildman–Crippen LogP) is 13.8. The molecule has 0 saturated heterocycles. The summed E-state index contributed by atoms with van der Waals surface area (Å²) >= 11 is 0. The number of allylic oxidation sites excluding steroid dienone is 3. The van der Waals surface area contributed by atoms with E-state index in [1.165, 1.54) is 61.2 Å². The zero-order chi connectivity index (χ0) is 40.5. The molecular weight excluding hydrogens is 715 g/mol. The molecule has 59 heavy (non-hydrogen) atoms. The average Bonchev–Trinajstić information content (AvgIpc) is 3.75. The summed E-state index contributed by atoms with van der Waals surface area (Å²) in [5.41, 5.74) is 21.2. The fourth-order valence-electron chi connectivity index (χ4n) is 9.48. The van der Waals surface area contributed by atoms with Crippen LogP contribution in [0.15, 0.2) is 198 Å². The molecule has 0 heterocycles. The number of nitrogens with zero attached hydrogens (tertiary/aromatic N) is 2. The Hall–Kier alpha value is -6.68. The Morgan fingerprint density at radius 2 is 1.25 bits per heavy atom. The number of fused-ring (bicyclic) bond motifs is 7. The molecule has 0 fully saturated rings. The summed E-state index contributed by atoms with van der Waals surface area (Å²) < 4.78 is 0. The fourth-order valence-corrected chi connectivity index (χ4v) is 9.48. The lowest BCUT2D eigenvalue weighted by Gasteiger charge is -2.31. The third-order valence-corrected chi connectivity index (χ3v) is 12.3. The summed E-state index contributed by atoms with van der Waals surface area (Å²) in [7, 11) is 0. The Labute approximate surface area is 349 Å². The maximum absolute atomic E-state index is 5.46. The number of benzene rings is 7. The van der Waals surface area contributed by atoms with Crippen LogP contribution in [-0.2, 0) is 12.0 Å². The van der Waals surface area contributed by atoms with Crippen LogP contribution in [-0.4, -0.2) is 11.4 Å². The van der Waals surface area contributed by atoms with Gasteiger partial charge in [-0.15, -0.1) is 0 Å². The summed E-state index contributed by atoms with van der Waals surface area (Å²) in [6.45, 7) is 13.6. The van der Waals surface area contributed by atoms with Gasteiger partial charge in [0.25, 0.3) is 0 Å². The Morgan fingerprint density at radius 1 is 0.644 bits per heavy atom. The van der Waals surface area contributed by atoms with Gasteiger partial charge in [0.1, 0.15) is 6.17 Å². The van der Waals surface area contributed by atoms with Crippen LogP contribution in [0.1, 0.15) is 83.4 Å². The van der Waals surface area contributed by atoms with Crippen LogP contribution in [0.5, 0.6) is 0 Å². The molecule has 0 bridgehead atoms. The van der Waals surface area contributed by atoms with Gasteiger partial charge in [-0.1, -0.05) is 177 Å². The molecule has 7 aromatic carbocycles. The lowest BCUT2D eigenvalue weighted by atomic mass is 9.69. The third-order valence-electron chi connectivity index (χ3n) is 12.3. The van der Waals surface area contributed by atoms with Gasteiger partial charge in [0, 0.05) is 18.0 Å². The molecular formula is C56H49N3. The van der Waals surface area contributed by atoms with E-state index in [0.717, 1.165) is 45.8 Å². The van der Waals surface area contributed by atoms with Crippen LogP contribution in [0.25, 0.3) is 27.8 Å². The normalized spacial score (nSPS) is 16.2. The minimum atomic E-state index is -0.404. The monoisotopic (exact) mass is 763 g/mol. The quantitative estimate of drug-likeness (QED) is 0.131. The first kappa shape index (κ1) is 37.9. The van der Waals surface area contributed by atoms with E-state index < -0.39 is 5.41 Å². The van der Waals surface area contributed by atoms with Crippen molar-refractivity contribution in [1.82, 2.24) is 5.32 Å². The number of para-hydroxylation sites is 1. The Morgan fingerprint density at radius 3 is 1.98 bits per heavy atom. The zero-order valence-electron chi connectivity index (χ0n) is 34.3. The van der Waals surface area contributed by atoms with E-state index in [1.807, 2.05) is 6.07 Å². The van der Waals surface area contributed by atoms with Crippen LogP contribution >= 0.6 is 0 Å². The van der Waals surface area contributed by atoms with Crippen LogP contribution < -0.4 is 5.32 Å². The molecule has 3 nitrogen and oxygen atoms in total. The van der Waals surface area contributed by atoms with E-state index >= 15 is 0 Å². The first-order valence-electron chi connectivity index (χ1n) is 20.8. The number of aliphatic imine (C=N–C) groups is 2. The van der Waals surface area contributed by atoms with Crippen molar-refractivity contribution in [2.75, 3.05) is 0 Å². The van der Waals surface area contributed by atoms with Crippen LogP contribution in [0.2, 0.25) is 0 Å². The van der Waals surface area contributed by atoms with Gasteiger partial charge in [0.15, 0.2) is 0 Å². The van der Waals surface area contributed by atoms with E-state index in [4.69, 9.17) is 9.98 Å². The summed E-state index contributed by atoms with van der Waals surface area (Å²) in [6, 6.07) is 61.1. The predicted molar refractivity (Wildman–Crippen MR) is 249 cm³/mol. The van der Waals surface area contributed by atoms with Crippen molar-refractivity contribution in [1.29, 1.82) is 0 Å². The van der Waals surface area contributed by atoms with Crippen molar-refractivity contribution in [3.05, 3.63) is 238 Å². The second-order valence-corrected chi connectivity index (χ2v) is 15.7. The third kappa shape index (κ3) is 6.62. The molecule has 2 aliphatic carbocycles. The fraction of sp³-hybridized carbons (Fsp3) is 0.143. The van der Waals surface area contributed by atoms with Crippen molar-refractivity contribution < 1.29 is 0 Å². The van der Waals surface area contributed by atoms with Gasteiger partial charge in [0.05, 0.1) is 11.1 Å². The van der Waals surface area contributed by atoms with Crippen LogP contribution in [0.4, 0.5) is 5.69 Å².